The van der Waals surface area contributed by atoms with Gasteiger partial charge in [0.2, 0.25) is 5.13 Å². The molecule has 0 bridgehead atoms. The monoisotopic (exact) mass is 257 g/mol. The van der Waals surface area contributed by atoms with Crippen LogP contribution in [0.1, 0.15) is 12.7 Å². The number of nitrogens with one attached hydrogen (secondary N) is 1. The third-order valence-electron chi connectivity index (χ3n) is 2.49. The van der Waals surface area contributed by atoms with E-state index in [1.165, 1.54) is 0 Å². The molecule has 0 unspecified atom stereocenters. The van der Waals surface area contributed by atoms with E-state index >= 15 is 0 Å². The van der Waals surface area contributed by atoms with Crippen molar-refractivity contribution in [2.75, 3.05) is 5.43 Å². The van der Waals surface area contributed by atoms with Crippen LogP contribution in [0.3, 0.4) is 0 Å². The molecule has 0 aliphatic carbocycles. The van der Waals surface area contributed by atoms with Gasteiger partial charge in [-0.1, -0.05) is 23.5 Å². The number of nitrogens with zero attached hydrogens (tertiary/aromatic N) is 2. The number of benzene rings is 1. The van der Waals surface area contributed by atoms with Gasteiger partial charge in [0.15, 0.2) is 0 Å². The third kappa shape index (κ3) is 2.12. The van der Waals surface area contributed by atoms with Crippen molar-refractivity contribution in [2.24, 2.45) is 5.10 Å². The average Bonchev–Trinajstić information content (AvgIpc) is 3.04. The topological polar surface area (TPSA) is 50.4 Å². The molecule has 3 aromatic rings. The summed E-state index contributed by atoms with van der Waals surface area (Å²) in [5.74, 6) is 0.753. The van der Waals surface area contributed by atoms with Crippen molar-refractivity contribution < 1.29 is 4.42 Å². The minimum Gasteiger partial charge on any atom is -0.463 e. The molecule has 0 spiro atoms. The normalized spacial score (nSPS) is 11.9. The summed E-state index contributed by atoms with van der Waals surface area (Å²) in [6.45, 7) is 1.89. The fourth-order valence-electron chi connectivity index (χ4n) is 1.59. The van der Waals surface area contributed by atoms with Crippen molar-refractivity contribution in [2.45, 2.75) is 6.92 Å². The zero-order valence-corrected chi connectivity index (χ0v) is 10.6. The smallest absolute Gasteiger partial charge is 0.204 e. The van der Waals surface area contributed by atoms with Gasteiger partial charge in [-0.25, -0.2) is 4.98 Å². The number of aromatic nitrogens is 1. The highest BCUT2D eigenvalue weighted by Crippen LogP contribution is 2.25. The molecule has 0 amide bonds. The van der Waals surface area contributed by atoms with E-state index < -0.39 is 0 Å². The van der Waals surface area contributed by atoms with Crippen molar-refractivity contribution in [1.29, 1.82) is 0 Å². The van der Waals surface area contributed by atoms with Crippen molar-refractivity contribution in [3.63, 3.8) is 0 Å². The van der Waals surface area contributed by atoms with Gasteiger partial charge in [0.05, 0.1) is 16.5 Å². The Morgan fingerprint density at radius 3 is 2.94 bits per heavy atom. The summed E-state index contributed by atoms with van der Waals surface area (Å²) >= 11 is 1.58. The molecule has 0 aliphatic heterocycles. The van der Waals surface area contributed by atoms with Crippen LogP contribution in [0.4, 0.5) is 5.13 Å². The molecule has 0 saturated carbocycles. The molecular formula is C13H11N3OS. The van der Waals surface area contributed by atoms with Gasteiger partial charge in [-0.05, 0) is 31.2 Å². The van der Waals surface area contributed by atoms with Gasteiger partial charge < -0.3 is 4.42 Å². The highest BCUT2D eigenvalue weighted by Gasteiger charge is 2.03. The molecule has 1 N–H and O–H groups in total. The second-order valence-corrected chi connectivity index (χ2v) is 4.80. The van der Waals surface area contributed by atoms with E-state index in [-0.39, 0.29) is 0 Å². The first kappa shape index (κ1) is 11.0. The standard InChI is InChI=1S/C13H11N3OS/c1-9(11-6-4-8-17-11)15-16-13-14-10-5-2-3-7-12(10)18-13/h2-8H,1H3,(H,14,16)/b15-9+. The lowest BCUT2D eigenvalue weighted by Gasteiger charge is -1.96. The van der Waals surface area contributed by atoms with Crippen LogP contribution in [0.25, 0.3) is 10.2 Å². The van der Waals surface area contributed by atoms with E-state index in [9.17, 15) is 0 Å². The Labute approximate surface area is 108 Å². The van der Waals surface area contributed by atoms with Gasteiger partial charge in [0, 0.05) is 0 Å². The van der Waals surface area contributed by atoms with Gasteiger partial charge in [-0.3, -0.25) is 5.43 Å². The molecule has 1 aromatic carbocycles. The predicted molar refractivity (Wildman–Crippen MR) is 74.2 cm³/mol. The van der Waals surface area contributed by atoms with E-state index in [4.69, 9.17) is 4.42 Å². The third-order valence-corrected chi connectivity index (χ3v) is 3.43. The highest BCUT2D eigenvalue weighted by molar-refractivity contribution is 7.22. The molecule has 18 heavy (non-hydrogen) atoms. The van der Waals surface area contributed by atoms with Gasteiger partial charge in [-0.15, -0.1) is 0 Å². The molecule has 2 heterocycles. The number of anilines is 1. The van der Waals surface area contributed by atoms with Crippen LogP contribution in [0.15, 0.2) is 52.2 Å². The maximum absolute atomic E-state index is 5.25. The number of thiazole rings is 1. The zero-order valence-electron chi connectivity index (χ0n) is 9.75. The molecule has 0 fully saturated rings. The number of hydrogen-bond donors (Lipinski definition) is 1. The lowest BCUT2D eigenvalue weighted by atomic mass is 10.3. The Hall–Kier alpha value is -2.14. The average molecular weight is 257 g/mol. The number of furan rings is 1. The summed E-state index contributed by atoms with van der Waals surface area (Å²) in [4.78, 5) is 4.44. The van der Waals surface area contributed by atoms with Crippen molar-refractivity contribution in [3.8, 4) is 0 Å². The molecule has 0 aliphatic rings. The van der Waals surface area contributed by atoms with Crippen molar-refractivity contribution in [1.82, 2.24) is 4.98 Å². The minimum absolute atomic E-state index is 0.753. The van der Waals surface area contributed by atoms with Crippen molar-refractivity contribution >= 4 is 32.4 Å². The maximum atomic E-state index is 5.25. The summed E-state index contributed by atoms with van der Waals surface area (Å²) in [5, 5.41) is 5.03. The summed E-state index contributed by atoms with van der Waals surface area (Å²) in [5.41, 5.74) is 4.73. The minimum atomic E-state index is 0.753. The largest absolute Gasteiger partial charge is 0.463 e. The fraction of sp³-hybridized carbons (Fsp3) is 0.0769. The number of para-hydroxylation sites is 1. The quantitative estimate of drug-likeness (QED) is 0.574. The van der Waals surface area contributed by atoms with Crippen LogP contribution in [0.2, 0.25) is 0 Å². The summed E-state index contributed by atoms with van der Waals surface area (Å²) in [6, 6.07) is 11.7. The van der Waals surface area contributed by atoms with Crippen LogP contribution in [-0.2, 0) is 0 Å². The van der Waals surface area contributed by atoms with Crippen molar-refractivity contribution in [3.05, 3.63) is 48.4 Å². The molecule has 4 nitrogen and oxygen atoms in total. The molecule has 5 heteroatoms. The first-order chi connectivity index (χ1) is 8.83. The molecule has 0 radical (unpaired) electrons. The molecule has 90 valence electrons. The van der Waals surface area contributed by atoms with E-state index in [1.54, 1.807) is 17.6 Å². The van der Waals surface area contributed by atoms with Gasteiger partial charge in [0.1, 0.15) is 11.5 Å². The molecule has 0 atom stereocenters. The first-order valence-electron chi connectivity index (χ1n) is 5.53. The van der Waals surface area contributed by atoms with E-state index in [0.29, 0.717) is 0 Å². The Bertz CT molecular complexity index is 652. The summed E-state index contributed by atoms with van der Waals surface area (Å²) in [7, 11) is 0. The predicted octanol–water partition coefficient (Wildman–Crippen LogP) is 3.73. The van der Waals surface area contributed by atoms with Gasteiger partial charge >= 0.3 is 0 Å². The number of hydrazone groups is 1. The summed E-state index contributed by atoms with van der Waals surface area (Å²) < 4.78 is 6.40. The molecule has 2 aromatic heterocycles. The molecular weight excluding hydrogens is 246 g/mol. The SMILES string of the molecule is C/C(=N\Nc1nc2ccccc2s1)c1ccco1. The summed E-state index contributed by atoms with van der Waals surface area (Å²) in [6.07, 6.45) is 1.63. The van der Waals surface area contributed by atoms with E-state index in [0.717, 1.165) is 26.8 Å². The Morgan fingerprint density at radius 1 is 1.28 bits per heavy atom. The maximum Gasteiger partial charge on any atom is 0.204 e. The second-order valence-electron chi connectivity index (χ2n) is 3.77. The van der Waals surface area contributed by atoms with E-state index in [2.05, 4.69) is 15.5 Å². The van der Waals surface area contributed by atoms with Gasteiger partial charge in [0.25, 0.3) is 0 Å². The van der Waals surface area contributed by atoms with Gasteiger partial charge in [-0.2, -0.15) is 5.10 Å². The number of fused-ring (bicyclic) bond motifs is 1. The zero-order chi connectivity index (χ0) is 12.4. The van der Waals surface area contributed by atoms with Crippen LogP contribution in [0, 0.1) is 0 Å². The lowest BCUT2D eigenvalue weighted by Crippen LogP contribution is -1.97. The Morgan fingerprint density at radius 2 is 2.17 bits per heavy atom. The second kappa shape index (κ2) is 4.62. The van der Waals surface area contributed by atoms with Crippen LogP contribution in [-0.4, -0.2) is 10.7 Å². The van der Waals surface area contributed by atoms with Crippen LogP contribution in [0.5, 0.6) is 0 Å². The number of rotatable bonds is 3. The van der Waals surface area contributed by atoms with Crippen LogP contribution >= 0.6 is 11.3 Å². The van der Waals surface area contributed by atoms with Crippen LogP contribution < -0.4 is 5.43 Å². The lowest BCUT2D eigenvalue weighted by molar-refractivity contribution is 0.557. The Balaban J connectivity index is 1.82. The fourth-order valence-corrected chi connectivity index (χ4v) is 2.40. The number of hydrogen-bond acceptors (Lipinski definition) is 5. The first-order valence-corrected chi connectivity index (χ1v) is 6.34. The highest BCUT2D eigenvalue weighted by atomic mass is 32.1. The molecule has 3 rings (SSSR count). The Kier molecular flexibility index (Phi) is 2.82. The molecule has 0 saturated heterocycles. The van der Waals surface area contributed by atoms with E-state index in [1.807, 2.05) is 43.3 Å².